The molecule has 5 heteroatoms. The zero-order valence-corrected chi connectivity index (χ0v) is 18.8. The van der Waals surface area contributed by atoms with Gasteiger partial charge < -0.3 is 4.74 Å². The highest BCUT2D eigenvalue weighted by atomic mass is 19.1. The van der Waals surface area contributed by atoms with Crippen molar-refractivity contribution in [1.29, 1.82) is 5.26 Å². The van der Waals surface area contributed by atoms with E-state index in [4.69, 9.17) is 9.72 Å². The number of pyridine rings is 1. The van der Waals surface area contributed by atoms with Gasteiger partial charge >= 0.3 is 0 Å². The number of aryl methyl sites for hydroxylation is 1. The second kappa shape index (κ2) is 8.11. The van der Waals surface area contributed by atoms with Crippen molar-refractivity contribution in [2.45, 2.75) is 56.7 Å². The maximum atomic E-state index is 14.1. The third-order valence-electron chi connectivity index (χ3n) is 7.85. The normalized spacial score (nSPS) is 24.4. The van der Waals surface area contributed by atoms with Gasteiger partial charge in [0.25, 0.3) is 0 Å². The zero-order chi connectivity index (χ0) is 22.4. The summed E-state index contributed by atoms with van der Waals surface area (Å²) >= 11 is 0. The van der Waals surface area contributed by atoms with Crippen molar-refractivity contribution in [1.82, 2.24) is 9.88 Å². The number of fused-ring (bicyclic) bond motifs is 3. The first-order chi connectivity index (χ1) is 16.1. The molecule has 1 aliphatic carbocycles. The van der Waals surface area contributed by atoms with E-state index in [1.165, 1.54) is 29.5 Å². The number of ether oxygens (including phenoxy) is 1. The number of rotatable bonds is 4. The van der Waals surface area contributed by atoms with Crippen molar-refractivity contribution in [3.63, 3.8) is 0 Å². The van der Waals surface area contributed by atoms with Crippen LogP contribution in [-0.2, 0) is 12.8 Å². The molecule has 3 aromatic rings. The summed E-state index contributed by atoms with van der Waals surface area (Å²) in [5, 5.41) is 10.7. The molecule has 0 bridgehead atoms. The second-order valence-corrected chi connectivity index (χ2v) is 9.87. The Bertz CT molecular complexity index is 1270. The SMILES string of the molecule is N#Cc1cc2ccc(-c3cccc4c3CCCC4)cc2nc1OC[C@@]12CCCN1C[C@H](F)C2. The molecule has 0 saturated carbocycles. The Morgan fingerprint density at radius 3 is 2.97 bits per heavy atom. The van der Waals surface area contributed by atoms with E-state index in [0.717, 1.165) is 48.7 Å². The summed E-state index contributed by atoms with van der Waals surface area (Å²) in [6.45, 7) is 1.79. The van der Waals surface area contributed by atoms with Gasteiger partial charge in [0.15, 0.2) is 0 Å². The lowest BCUT2D eigenvalue weighted by Crippen LogP contribution is -2.43. The third kappa shape index (κ3) is 3.57. The van der Waals surface area contributed by atoms with Crippen molar-refractivity contribution in [2.75, 3.05) is 19.7 Å². The number of nitrogens with zero attached hydrogens (tertiary/aromatic N) is 3. The fourth-order valence-corrected chi connectivity index (χ4v) is 6.21. The first-order valence-corrected chi connectivity index (χ1v) is 12.1. The van der Waals surface area contributed by atoms with E-state index in [9.17, 15) is 9.65 Å². The molecule has 3 heterocycles. The summed E-state index contributed by atoms with van der Waals surface area (Å²) in [6.07, 6.45) is 6.47. The molecule has 0 unspecified atom stereocenters. The van der Waals surface area contributed by atoms with Gasteiger partial charge in [0.2, 0.25) is 5.88 Å². The molecule has 0 N–H and O–H groups in total. The van der Waals surface area contributed by atoms with E-state index >= 15 is 0 Å². The van der Waals surface area contributed by atoms with Gasteiger partial charge in [-0.25, -0.2) is 9.37 Å². The van der Waals surface area contributed by atoms with E-state index in [1.807, 2.05) is 12.1 Å². The van der Waals surface area contributed by atoms with Gasteiger partial charge in [-0.05, 0) is 79.5 Å². The van der Waals surface area contributed by atoms with Crippen LogP contribution in [0.15, 0.2) is 42.5 Å². The molecule has 2 atom stereocenters. The minimum Gasteiger partial charge on any atom is -0.475 e. The number of nitriles is 1. The number of benzene rings is 2. The molecular weight excluding hydrogens is 413 g/mol. The summed E-state index contributed by atoms with van der Waals surface area (Å²) in [7, 11) is 0. The Kier molecular flexibility index (Phi) is 5.07. The lowest BCUT2D eigenvalue weighted by molar-refractivity contribution is 0.110. The number of alkyl halides is 1. The lowest BCUT2D eigenvalue weighted by atomic mass is 9.86. The molecule has 2 saturated heterocycles. The topological polar surface area (TPSA) is 49.1 Å². The van der Waals surface area contributed by atoms with Crippen LogP contribution in [0.3, 0.4) is 0 Å². The highest BCUT2D eigenvalue weighted by molar-refractivity contribution is 5.86. The van der Waals surface area contributed by atoms with Gasteiger partial charge in [-0.3, -0.25) is 4.90 Å². The maximum absolute atomic E-state index is 14.1. The van der Waals surface area contributed by atoms with Crippen molar-refractivity contribution in [3.05, 3.63) is 59.2 Å². The Morgan fingerprint density at radius 2 is 2.06 bits per heavy atom. The molecule has 0 spiro atoms. The molecule has 1 aromatic heterocycles. The predicted molar refractivity (Wildman–Crippen MR) is 127 cm³/mol. The first-order valence-electron chi connectivity index (χ1n) is 12.1. The van der Waals surface area contributed by atoms with Crippen LogP contribution in [0.25, 0.3) is 22.0 Å². The summed E-state index contributed by atoms with van der Waals surface area (Å²) in [6, 6.07) is 17.0. The quantitative estimate of drug-likeness (QED) is 0.528. The van der Waals surface area contributed by atoms with Gasteiger partial charge in [0, 0.05) is 18.4 Å². The van der Waals surface area contributed by atoms with Crippen LogP contribution in [0, 0.1) is 11.3 Å². The highest BCUT2D eigenvalue weighted by Gasteiger charge is 2.49. The fraction of sp³-hybridized carbons (Fsp3) is 0.429. The van der Waals surface area contributed by atoms with Crippen molar-refractivity contribution in [3.8, 4) is 23.1 Å². The fourth-order valence-electron chi connectivity index (χ4n) is 6.21. The van der Waals surface area contributed by atoms with Gasteiger partial charge in [0.05, 0.1) is 11.1 Å². The summed E-state index contributed by atoms with van der Waals surface area (Å²) in [4.78, 5) is 7.00. The predicted octanol–water partition coefficient (Wildman–Crippen LogP) is 5.61. The van der Waals surface area contributed by atoms with Crippen molar-refractivity contribution < 1.29 is 9.13 Å². The molecule has 2 aliphatic heterocycles. The molecule has 0 radical (unpaired) electrons. The number of aromatic nitrogens is 1. The van der Waals surface area contributed by atoms with E-state index in [-0.39, 0.29) is 5.54 Å². The van der Waals surface area contributed by atoms with Crippen LogP contribution in [0.5, 0.6) is 5.88 Å². The largest absolute Gasteiger partial charge is 0.475 e. The van der Waals surface area contributed by atoms with Crippen LogP contribution in [0.1, 0.15) is 48.8 Å². The van der Waals surface area contributed by atoms with Crippen LogP contribution >= 0.6 is 0 Å². The van der Waals surface area contributed by atoms with Gasteiger partial charge in [0.1, 0.15) is 24.4 Å². The van der Waals surface area contributed by atoms with Crippen molar-refractivity contribution in [2.24, 2.45) is 0 Å². The highest BCUT2D eigenvalue weighted by Crippen LogP contribution is 2.41. The van der Waals surface area contributed by atoms with E-state index in [2.05, 4.69) is 41.3 Å². The van der Waals surface area contributed by atoms with Crippen LogP contribution < -0.4 is 4.74 Å². The number of hydrogen-bond acceptors (Lipinski definition) is 4. The van der Waals surface area contributed by atoms with Crippen LogP contribution in [0.4, 0.5) is 4.39 Å². The molecule has 6 rings (SSSR count). The number of halogens is 1. The average Bonchev–Trinajstić information content (AvgIpc) is 3.37. The van der Waals surface area contributed by atoms with E-state index < -0.39 is 6.17 Å². The minimum absolute atomic E-state index is 0.256. The van der Waals surface area contributed by atoms with E-state index in [1.54, 1.807) is 0 Å². The Morgan fingerprint density at radius 1 is 1.15 bits per heavy atom. The summed E-state index contributed by atoms with van der Waals surface area (Å²) in [5.41, 5.74) is 6.35. The second-order valence-electron chi connectivity index (χ2n) is 9.87. The smallest absolute Gasteiger partial charge is 0.232 e. The van der Waals surface area contributed by atoms with Gasteiger partial charge in [-0.1, -0.05) is 30.3 Å². The average molecular weight is 442 g/mol. The third-order valence-corrected chi connectivity index (χ3v) is 7.85. The van der Waals surface area contributed by atoms with Crippen LogP contribution in [0.2, 0.25) is 0 Å². The molecule has 2 aromatic carbocycles. The molecule has 33 heavy (non-hydrogen) atoms. The van der Waals surface area contributed by atoms with Crippen molar-refractivity contribution >= 4 is 10.9 Å². The molecular formula is C28H28FN3O. The monoisotopic (exact) mass is 441 g/mol. The lowest BCUT2D eigenvalue weighted by Gasteiger charge is -2.31. The molecule has 2 fully saturated rings. The molecule has 3 aliphatic rings. The Balaban J connectivity index is 1.35. The van der Waals surface area contributed by atoms with Gasteiger partial charge in [-0.15, -0.1) is 0 Å². The Hall–Kier alpha value is -2.97. The van der Waals surface area contributed by atoms with Gasteiger partial charge in [-0.2, -0.15) is 5.26 Å². The number of hydrogen-bond donors (Lipinski definition) is 0. The molecule has 0 amide bonds. The standard InChI is InChI=1S/C28H28FN3O/c29-23-15-28(11-4-12-32(28)17-23)18-33-27-22(16-30)13-21-10-9-20(14-26(21)31-27)25-8-3-6-19-5-1-2-7-24(19)25/h3,6,8-10,13-14,23H,1-2,4-5,7,11-12,15,17-18H2/t23-,28+/m1/s1. The Labute approximate surface area is 194 Å². The summed E-state index contributed by atoms with van der Waals surface area (Å²) in [5.74, 6) is 0.362. The maximum Gasteiger partial charge on any atom is 0.232 e. The summed E-state index contributed by atoms with van der Waals surface area (Å²) < 4.78 is 20.3. The molecule has 4 nitrogen and oxygen atoms in total. The van der Waals surface area contributed by atoms with E-state index in [0.29, 0.717) is 31.0 Å². The first kappa shape index (κ1) is 20.6. The van der Waals surface area contributed by atoms with Crippen LogP contribution in [-0.4, -0.2) is 41.3 Å². The zero-order valence-electron chi connectivity index (χ0n) is 18.8. The minimum atomic E-state index is -0.798. The molecule has 168 valence electrons.